The number of piperidine rings is 1. The van der Waals surface area contributed by atoms with E-state index in [1.807, 2.05) is 22.4 Å². The Bertz CT molecular complexity index is 386. The van der Waals surface area contributed by atoms with E-state index >= 15 is 0 Å². The first kappa shape index (κ1) is 15.5. The van der Waals surface area contributed by atoms with E-state index in [0.29, 0.717) is 25.6 Å². The molecule has 2 heterocycles. The minimum absolute atomic E-state index is 0.256. The van der Waals surface area contributed by atoms with Gasteiger partial charge < -0.3 is 14.4 Å². The molecule has 0 aliphatic carbocycles. The van der Waals surface area contributed by atoms with E-state index in [1.54, 1.807) is 18.4 Å². The minimum atomic E-state index is 0.256. The molecule has 0 spiro atoms. The lowest BCUT2D eigenvalue weighted by atomic mass is 9.97. The number of ether oxygens (including phenoxy) is 2. The second kappa shape index (κ2) is 8.39. The van der Waals surface area contributed by atoms with Crippen molar-refractivity contribution >= 4 is 17.2 Å². The van der Waals surface area contributed by atoms with Crippen LogP contribution in [0.3, 0.4) is 0 Å². The summed E-state index contributed by atoms with van der Waals surface area (Å²) in [7, 11) is 1.68. The van der Waals surface area contributed by atoms with Gasteiger partial charge in [-0.3, -0.25) is 4.79 Å². The van der Waals surface area contributed by atoms with Crippen molar-refractivity contribution in [2.45, 2.75) is 19.3 Å². The van der Waals surface area contributed by atoms with Crippen molar-refractivity contribution in [3.8, 4) is 0 Å². The van der Waals surface area contributed by atoms with E-state index in [-0.39, 0.29) is 5.91 Å². The third-order valence-electron chi connectivity index (χ3n) is 3.66. The highest BCUT2D eigenvalue weighted by Crippen LogP contribution is 2.19. The maximum Gasteiger partial charge on any atom is 0.227 e. The van der Waals surface area contributed by atoms with Gasteiger partial charge in [0.05, 0.1) is 19.6 Å². The molecule has 0 atom stereocenters. The highest BCUT2D eigenvalue weighted by molar-refractivity contribution is 7.10. The quantitative estimate of drug-likeness (QED) is 0.724. The van der Waals surface area contributed by atoms with Gasteiger partial charge in [-0.15, -0.1) is 11.3 Å². The van der Waals surface area contributed by atoms with Gasteiger partial charge in [0.25, 0.3) is 0 Å². The van der Waals surface area contributed by atoms with Gasteiger partial charge in [0.2, 0.25) is 5.91 Å². The number of carbonyl (C=O) groups is 1. The Kier molecular flexibility index (Phi) is 6.50. The molecule has 1 aliphatic rings. The summed E-state index contributed by atoms with van der Waals surface area (Å²) < 4.78 is 10.5. The third kappa shape index (κ3) is 4.89. The summed E-state index contributed by atoms with van der Waals surface area (Å²) in [5, 5.41) is 2.02. The fourth-order valence-electron chi connectivity index (χ4n) is 2.42. The van der Waals surface area contributed by atoms with Crippen molar-refractivity contribution in [2.75, 3.05) is 40.0 Å². The molecule has 5 heteroatoms. The minimum Gasteiger partial charge on any atom is -0.382 e. The zero-order chi connectivity index (χ0) is 14.2. The summed E-state index contributed by atoms with van der Waals surface area (Å²) in [4.78, 5) is 15.3. The molecule has 1 aromatic rings. The average Bonchev–Trinajstić information content (AvgIpc) is 2.97. The fraction of sp³-hybridized carbons (Fsp3) is 0.667. The van der Waals surface area contributed by atoms with Gasteiger partial charge in [0.15, 0.2) is 0 Å². The Morgan fingerprint density at radius 1 is 1.40 bits per heavy atom. The van der Waals surface area contributed by atoms with Crippen molar-refractivity contribution in [3.05, 3.63) is 22.4 Å². The van der Waals surface area contributed by atoms with Crippen molar-refractivity contribution in [1.29, 1.82) is 0 Å². The summed E-state index contributed by atoms with van der Waals surface area (Å²) in [6.45, 7) is 3.83. The van der Waals surface area contributed by atoms with Crippen LogP contribution in [0.4, 0.5) is 0 Å². The van der Waals surface area contributed by atoms with Crippen LogP contribution < -0.4 is 0 Å². The predicted molar refractivity (Wildman–Crippen MR) is 80.0 cm³/mol. The molecule has 1 aliphatic heterocycles. The third-order valence-corrected chi connectivity index (χ3v) is 4.53. The van der Waals surface area contributed by atoms with E-state index in [2.05, 4.69) is 0 Å². The van der Waals surface area contributed by atoms with Gasteiger partial charge in [-0.05, 0) is 30.2 Å². The highest BCUT2D eigenvalue weighted by Gasteiger charge is 2.22. The standard InChI is InChI=1S/C15H23NO3S/c1-18-8-9-19-12-13-4-6-16(7-5-13)15(17)11-14-3-2-10-20-14/h2-3,10,13H,4-9,11-12H2,1H3. The fourth-order valence-corrected chi connectivity index (χ4v) is 3.11. The largest absolute Gasteiger partial charge is 0.382 e. The van der Waals surface area contributed by atoms with Gasteiger partial charge in [0.1, 0.15) is 0 Å². The monoisotopic (exact) mass is 297 g/mol. The van der Waals surface area contributed by atoms with E-state index in [4.69, 9.17) is 9.47 Å². The van der Waals surface area contributed by atoms with E-state index in [0.717, 1.165) is 37.4 Å². The first-order chi connectivity index (χ1) is 9.79. The van der Waals surface area contributed by atoms with Crippen LogP contribution >= 0.6 is 11.3 Å². The molecule has 112 valence electrons. The first-order valence-corrected chi connectivity index (χ1v) is 8.04. The van der Waals surface area contributed by atoms with Crippen LogP contribution in [0, 0.1) is 5.92 Å². The summed E-state index contributed by atoms with van der Waals surface area (Å²) in [6, 6.07) is 4.02. The van der Waals surface area contributed by atoms with Crippen molar-refractivity contribution in [1.82, 2.24) is 4.90 Å². The number of rotatable bonds is 7. The molecule has 0 bridgehead atoms. The van der Waals surface area contributed by atoms with Crippen molar-refractivity contribution in [2.24, 2.45) is 5.92 Å². The second-order valence-corrected chi connectivity index (χ2v) is 6.18. The topological polar surface area (TPSA) is 38.8 Å². The molecule has 0 radical (unpaired) electrons. The number of thiophene rings is 1. The zero-order valence-corrected chi connectivity index (χ0v) is 12.9. The highest BCUT2D eigenvalue weighted by atomic mass is 32.1. The van der Waals surface area contributed by atoms with Crippen LogP contribution in [0.25, 0.3) is 0 Å². The number of hydrogen-bond acceptors (Lipinski definition) is 4. The van der Waals surface area contributed by atoms with Gasteiger partial charge in [-0.2, -0.15) is 0 Å². The van der Waals surface area contributed by atoms with E-state index in [1.165, 1.54) is 0 Å². The van der Waals surface area contributed by atoms with Crippen LogP contribution in [0.15, 0.2) is 17.5 Å². The van der Waals surface area contributed by atoms with Crippen LogP contribution in [-0.2, 0) is 20.7 Å². The smallest absolute Gasteiger partial charge is 0.227 e. The molecular weight excluding hydrogens is 274 g/mol. The second-order valence-electron chi connectivity index (χ2n) is 5.15. The van der Waals surface area contributed by atoms with Crippen LogP contribution in [-0.4, -0.2) is 50.8 Å². The Morgan fingerprint density at radius 3 is 2.85 bits per heavy atom. The first-order valence-electron chi connectivity index (χ1n) is 7.16. The molecule has 4 nitrogen and oxygen atoms in total. The molecule has 1 aromatic heterocycles. The molecule has 0 saturated carbocycles. The van der Waals surface area contributed by atoms with Gasteiger partial charge in [-0.25, -0.2) is 0 Å². The van der Waals surface area contributed by atoms with Gasteiger partial charge in [0, 0.05) is 31.7 Å². The van der Waals surface area contributed by atoms with E-state index in [9.17, 15) is 4.79 Å². The molecule has 20 heavy (non-hydrogen) atoms. The maximum absolute atomic E-state index is 12.2. The van der Waals surface area contributed by atoms with Crippen LogP contribution in [0.2, 0.25) is 0 Å². The lowest BCUT2D eigenvalue weighted by Crippen LogP contribution is -2.40. The normalized spacial score (nSPS) is 16.6. The Labute approximate surface area is 124 Å². The van der Waals surface area contributed by atoms with Crippen LogP contribution in [0.5, 0.6) is 0 Å². The zero-order valence-electron chi connectivity index (χ0n) is 12.0. The van der Waals surface area contributed by atoms with Crippen molar-refractivity contribution in [3.63, 3.8) is 0 Å². The number of methoxy groups -OCH3 is 1. The van der Waals surface area contributed by atoms with Crippen molar-refractivity contribution < 1.29 is 14.3 Å². The summed E-state index contributed by atoms with van der Waals surface area (Å²) in [6.07, 6.45) is 2.64. The number of amides is 1. The lowest BCUT2D eigenvalue weighted by Gasteiger charge is -2.31. The van der Waals surface area contributed by atoms with Gasteiger partial charge >= 0.3 is 0 Å². The summed E-state index contributed by atoms with van der Waals surface area (Å²) in [5.41, 5.74) is 0. The molecular formula is C15H23NO3S. The molecule has 0 unspecified atom stereocenters. The molecule has 1 saturated heterocycles. The lowest BCUT2D eigenvalue weighted by molar-refractivity contribution is -0.132. The van der Waals surface area contributed by atoms with E-state index < -0.39 is 0 Å². The maximum atomic E-state index is 12.2. The summed E-state index contributed by atoms with van der Waals surface area (Å²) >= 11 is 1.65. The number of hydrogen-bond donors (Lipinski definition) is 0. The Balaban J connectivity index is 1.64. The Morgan fingerprint density at radius 2 is 2.20 bits per heavy atom. The molecule has 0 N–H and O–H groups in total. The number of likely N-dealkylation sites (tertiary alicyclic amines) is 1. The molecule has 1 fully saturated rings. The van der Waals surface area contributed by atoms with Gasteiger partial charge in [-0.1, -0.05) is 6.07 Å². The SMILES string of the molecule is COCCOCC1CCN(C(=O)Cc2cccs2)CC1. The Hall–Kier alpha value is -0.910. The van der Waals surface area contributed by atoms with Crippen LogP contribution in [0.1, 0.15) is 17.7 Å². The molecule has 1 amide bonds. The predicted octanol–water partition coefficient (Wildman–Crippen LogP) is 2.19. The number of carbonyl (C=O) groups excluding carboxylic acids is 1. The summed E-state index contributed by atoms with van der Waals surface area (Å²) in [5.74, 6) is 0.837. The molecule has 2 rings (SSSR count). The number of nitrogens with zero attached hydrogens (tertiary/aromatic N) is 1. The average molecular weight is 297 g/mol. The molecule has 0 aromatic carbocycles.